The van der Waals surface area contributed by atoms with Crippen molar-refractivity contribution in [1.29, 1.82) is 5.26 Å². The van der Waals surface area contributed by atoms with Gasteiger partial charge in [0.25, 0.3) is 0 Å². The van der Waals surface area contributed by atoms with E-state index in [0.29, 0.717) is 0 Å². The molecule has 0 spiro atoms. The van der Waals surface area contributed by atoms with Crippen molar-refractivity contribution in [3.8, 4) is 11.8 Å². The van der Waals surface area contributed by atoms with Crippen molar-refractivity contribution >= 4 is 15.9 Å². The van der Waals surface area contributed by atoms with Crippen LogP contribution >= 0.6 is 15.9 Å². The molecule has 0 aromatic heterocycles. The highest BCUT2D eigenvalue weighted by atomic mass is 79.9. The van der Waals surface area contributed by atoms with E-state index in [1.165, 1.54) is 5.56 Å². The van der Waals surface area contributed by atoms with Crippen molar-refractivity contribution < 1.29 is 4.74 Å². The first kappa shape index (κ1) is 11.5. The van der Waals surface area contributed by atoms with E-state index in [0.717, 1.165) is 29.5 Å². The van der Waals surface area contributed by atoms with Crippen LogP contribution in [0.2, 0.25) is 0 Å². The minimum Gasteiger partial charge on any atom is -0.488 e. The van der Waals surface area contributed by atoms with Gasteiger partial charge in [-0.25, -0.2) is 0 Å². The van der Waals surface area contributed by atoms with Gasteiger partial charge in [-0.3, -0.25) is 0 Å². The van der Waals surface area contributed by atoms with Crippen LogP contribution < -0.4 is 4.74 Å². The van der Waals surface area contributed by atoms with Crippen LogP contribution in [-0.4, -0.2) is 6.10 Å². The molecule has 1 aliphatic rings. The number of ether oxygens (including phenoxy) is 1. The average Bonchev–Trinajstić information content (AvgIpc) is 2.69. The van der Waals surface area contributed by atoms with Crippen LogP contribution in [0.25, 0.3) is 0 Å². The van der Waals surface area contributed by atoms with Crippen molar-refractivity contribution in [3.63, 3.8) is 0 Å². The summed E-state index contributed by atoms with van der Waals surface area (Å²) in [7, 11) is 0. The Balaban J connectivity index is 2.12. The Kier molecular flexibility index (Phi) is 3.50. The van der Waals surface area contributed by atoms with Gasteiger partial charge in [0.2, 0.25) is 0 Å². The summed E-state index contributed by atoms with van der Waals surface area (Å²) in [5.41, 5.74) is 1.20. The zero-order chi connectivity index (χ0) is 11.5. The highest BCUT2D eigenvalue weighted by molar-refractivity contribution is 9.10. The Morgan fingerprint density at radius 2 is 2.25 bits per heavy atom. The fraction of sp³-hybridized carbons (Fsp3) is 0.462. The summed E-state index contributed by atoms with van der Waals surface area (Å²) in [5.74, 6) is 0.894. The summed E-state index contributed by atoms with van der Waals surface area (Å²) in [6, 6.07) is 8.35. The lowest BCUT2D eigenvalue weighted by Crippen LogP contribution is -2.20. The number of hydrogen-bond donors (Lipinski definition) is 0. The van der Waals surface area contributed by atoms with Crippen molar-refractivity contribution in [2.45, 2.75) is 32.3 Å². The fourth-order valence-corrected chi connectivity index (χ4v) is 2.67. The van der Waals surface area contributed by atoms with E-state index in [9.17, 15) is 0 Å². The van der Waals surface area contributed by atoms with Crippen LogP contribution in [0.4, 0.5) is 0 Å². The molecule has 0 aliphatic heterocycles. The molecule has 1 saturated carbocycles. The van der Waals surface area contributed by atoms with E-state index in [1.54, 1.807) is 0 Å². The predicted molar refractivity (Wildman–Crippen MR) is 66.2 cm³/mol. The summed E-state index contributed by atoms with van der Waals surface area (Å²) in [6.07, 6.45) is 3.10. The van der Waals surface area contributed by atoms with Gasteiger partial charge in [-0.15, -0.1) is 0 Å². The predicted octanol–water partition coefficient (Wildman–Crippen LogP) is 3.83. The molecule has 2 atom stereocenters. The topological polar surface area (TPSA) is 33.0 Å². The van der Waals surface area contributed by atoms with Gasteiger partial charge in [-0.2, -0.15) is 5.26 Å². The van der Waals surface area contributed by atoms with Gasteiger partial charge in [0.05, 0.1) is 16.5 Å². The normalized spacial score (nSPS) is 24.1. The van der Waals surface area contributed by atoms with E-state index in [-0.39, 0.29) is 12.0 Å². The number of aryl methyl sites for hydroxylation is 1. The first-order valence-corrected chi connectivity index (χ1v) is 6.32. The highest BCUT2D eigenvalue weighted by Gasteiger charge is 2.29. The Labute approximate surface area is 104 Å². The van der Waals surface area contributed by atoms with Crippen molar-refractivity contribution in [2.75, 3.05) is 0 Å². The smallest absolute Gasteiger partial charge is 0.133 e. The molecule has 84 valence electrons. The SMILES string of the molecule is Cc1ccc(OC2CCCC2C#N)c(Br)c1. The summed E-state index contributed by atoms with van der Waals surface area (Å²) >= 11 is 3.49. The number of halogens is 1. The van der Waals surface area contributed by atoms with Crippen molar-refractivity contribution in [2.24, 2.45) is 5.92 Å². The second-order valence-corrected chi connectivity index (χ2v) is 5.11. The molecule has 0 heterocycles. The molecule has 1 aromatic carbocycles. The van der Waals surface area contributed by atoms with E-state index in [1.807, 2.05) is 25.1 Å². The van der Waals surface area contributed by atoms with Gasteiger partial charge >= 0.3 is 0 Å². The molecule has 1 fully saturated rings. The molecule has 0 N–H and O–H groups in total. The Morgan fingerprint density at radius 3 is 2.94 bits per heavy atom. The molecule has 0 amide bonds. The Bertz CT molecular complexity index is 424. The number of nitriles is 1. The zero-order valence-corrected chi connectivity index (χ0v) is 10.8. The minimum atomic E-state index is 0.0493. The van der Waals surface area contributed by atoms with Crippen molar-refractivity contribution in [3.05, 3.63) is 28.2 Å². The molecule has 2 unspecified atom stereocenters. The zero-order valence-electron chi connectivity index (χ0n) is 9.24. The van der Waals surface area contributed by atoms with E-state index >= 15 is 0 Å². The Hall–Kier alpha value is -1.01. The van der Waals surface area contributed by atoms with Crippen LogP contribution in [0.3, 0.4) is 0 Å². The quantitative estimate of drug-likeness (QED) is 0.824. The largest absolute Gasteiger partial charge is 0.488 e. The van der Waals surface area contributed by atoms with Crippen LogP contribution in [0.15, 0.2) is 22.7 Å². The van der Waals surface area contributed by atoms with Crippen LogP contribution in [0.1, 0.15) is 24.8 Å². The lowest BCUT2D eigenvalue weighted by atomic mass is 10.1. The molecular formula is C13H14BrNO. The number of rotatable bonds is 2. The van der Waals surface area contributed by atoms with Crippen LogP contribution in [0.5, 0.6) is 5.75 Å². The number of benzene rings is 1. The molecular weight excluding hydrogens is 266 g/mol. The molecule has 2 rings (SSSR count). The van der Waals surface area contributed by atoms with Gasteiger partial charge in [-0.05, 0) is 59.8 Å². The average molecular weight is 280 g/mol. The third kappa shape index (κ3) is 2.38. The fourth-order valence-electron chi connectivity index (χ4n) is 2.08. The molecule has 1 aliphatic carbocycles. The third-order valence-corrected chi connectivity index (χ3v) is 3.60. The summed E-state index contributed by atoms with van der Waals surface area (Å²) in [5, 5.41) is 8.99. The molecule has 0 bridgehead atoms. The third-order valence-electron chi connectivity index (χ3n) is 2.98. The highest BCUT2D eigenvalue weighted by Crippen LogP contribution is 2.33. The maximum absolute atomic E-state index is 8.99. The molecule has 2 nitrogen and oxygen atoms in total. The summed E-state index contributed by atoms with van der Waals surface area (Å²) < 4.78 is 6.86. The molecule has 0 saturated heterocycles. The maximum Gasteiger partial charge on any atom is 0.133 e. The maximum atomic E-state index is 8.99. The summed E-state index contributed by atoms with van der Waals surface area (Å²) in [6.45, 7) is 2.04. The lowest BCUT2D eigenvalue weighted by molar-refractivity contribution is 0.181. The van der Waals surface area contributed by atoms with Crippen molar-refractivity contribution in [1.82, 2.24) is 0 Å². The van der Waals surface area contributed by atoms with Gasteiger partial charge in [-0.1, -0.05) is 6.07 Å². The van der Waals surface area contributed by atoms with Gasteiger partial charge < -0.3 is 4.74 Å². The number of hydrogen-bond acceptors (Lipinski definition) is 2. The molecule has 3 heteroatoms. The first-order chi connectivity index (χ1) is 7.70. The van der Waals surface area contributed by atoms with E-state index in [2.05, 4.69) is 22.0 Å². The second-order valence-electron chi connectivity index (χ2n) is 4.26. The molecule has 0 radical (unpaired) electrons. The first-order valence-electron chi connectivity index (χ1n) is 5.53. The lowest BCUT2D eigenvalue weighted by Gasteiger charge is -2.17. The van der Waals surface area contributed by atoms with E-state index in [4.69, 9.17) is 10.00 Å². The van der Waals surface area contributed by atoms with Gasteiger partial charge in [0.1, 0.15) is 11.9 Å². The summed E-state index contributed by atoms with van der Waals surface area (Å²) in [4.78, 5) is 0. The molecule has 1 aromatic rings. The Morgan fingerprint density at radius 1 is 1.44 bits per heavy atom. The number of nitrogens with zero attached hydrogens (tertiary/aromatic N) is 1. The standard InChI is InChI=1S/C13H14BrNO/c1-9-5-6-13(11(14)7-9)16-12-4-2-3-10(12)8-15/h5-7,10,12H,2-4H2,1H3. The minimum absolute atomic E-state index is 0.0493. The van der Waals surface area contributed by atoms with Crippen LogP contribution in [0, 0.1) is 24.2 Å². The van der Waals surface area contributed by atoms with Crippen LogP contribution in [-0.2, 0) is 0 Å². The monoisotopic (exact) mass is 279 g/mol. The van der Waals surface area contributed by atoms with Gasteiger partial charge in [0, 0.05) is 0 Å². The van der Waals surface area contributed by atoms with E-state index < -0.39 is 0 Å². The van der Waals surface area contributed by atoms with Gasteiger partial charge in [0.15, 0.2) is 0 Å². The molecule has 16 heavy (non-hydrogen) atoms. The second kappa shape index (κ2) is 4.88.